The van der Waals surface area contributed by atoms with Crippen LogP contribution in [-0.2, 0) is 17.9 Å². The molecule has 0 aliphatic heterocycles. The molecule has 1 heterocycles. The van der Waals surface area contributed by atoms with Crippen LogP contribution in [0.2, 0.25) is 0 Å². The molecule has 0 fully saturated rings. The van der Waals surface area contributed by atoms with Gasteiger partial charge in [-0.2, -0.15) is 5.10 Å². The standard InChI is InChI=1S/C24H30N6O.HI/c1-19(20-10-5-4-6-11-20)28-24(26-17-23(31)29(2)3)25-16-21-12-7-8-13-22(21)18-30-15-9-14-27-30;/h4-15,19H,16-18H2,1-3H3,(H2,25,26,28);1H. The van der Waals surface area contributed by atoms with Crippen LogP contribution >= 0.6 is 24.0 Å². The molecule has 3 aromatic rings. The third-order valence-electron chi connectivity index (χ3n) is 4.98. The second kappa shape index (κ2) is 12.8. The summed E-state index contributed by atoms with van der Waals surface area (Å²) in [7, 11) is 3.48. The van der Waals surface area contributed by atoms with E-state index in [-0.39, 0.29) is 42.5 Å². The van der Waals surface area contributed by atoms with Gasteiger partial charge in [-0.25, -0.2) is 4.99 Å². The Balaban J connectivity index is 0.00000363. The zero-order valence-electron chi connectivity index (χ0n) is 18.7. The summed E-state index contributed by atoms with van der Waals surface area (Å²) in [6, 6.07) is 20.3. The molecular weight excluding hydrogens is 515 g/mol. The molecule has 2 aromatic carbocycles. The second-order valence-electron chi connectivity index (χ2n) is 7.56. The highest BCUT2D eigenvalue weighted by molar-refractivity contribution is 14.0. The van der Waals surface area contributed by atoms with Gasteiger partial charge < -0.3 is 15.5 Å². The van der Waals surface area contributed by atoms with Gasteiger partial charge in [0.2, 0.25) is 5.91 Å². The van der Waals surface area contributed by atoms with Gasteiger partial charge in [-0.1, -0.05) is 54.6 Å². The van der Waals surface area contributed by atoms with Gasteiger partial charge >= 0.3 is 0 Å². The quantitative estimate of drug-likeness (QED) is 0.258. The van der Waals surface area contributed by atoms with Gasteiger partial charge in [0.1, 0.15) is 0 Å². The predicted octanol–water partition coefficient (Wildman–Crippen LogP) is 3.43. The third kappa shape index (κ3) is 7.67. The average Bonchev–Trinajstić information content (AvgIpc) is 3.29. The lowest BCUT2D eigenvalue weighted by molar-refractivity contribution is -0.127. The number of rotatable bonds is 8. The van der Waals surface area contributed by atoms with Gasteiger partial charge in [0, 0.05) is 26.5 Å². The molecule has 0 saturated carbocycles. The summed E-state index contributed by atoms with van der Waals surface area (Å²) in [6.45, 7) is 3.43. The molecule has 0 aliphatic rings. The number of aromatic nitrogens is 2. The Kier molecular flexibility index (Phi) is 10.2. The maximum absolute atomic E-state index is 12.1. The van der Waals surface area contributed by atoms with E-state index < -0.39 is 0 Å². The Morgan fingerprint density at radius 1 is 1.06 bits per heavy atom. The third-order valence-corrected chi connectivity index (χ3v) is 4.98. The summed E-state index contributed by atoms with van der Waals surface area (Å²) in [5.41, 5.74) is 3.43. The summed E-state index contributed by atoms with van der Waals surface area (Å²) in [5, 5.41) is 10.9. The molecule has 1 unspecified atom stereocenters. The minimum Gasteiger partial charge on any atom is -0.350 e. The molecule has 0 spiro atoms. The van der Waals surface area contributed by atoms with Crippen LogP contribution in [0.15, 0.2) is 78.0 Å². The van der Waals surface area contributed by atoms with Crippen LogP contribution in [0.5, 0.6) is 0 Å². The molecule has 0 radical (unpaired) electrons. The topological polar surface area (TPSA) is 74.5 Å². The predicted molar refractivity (Wildman–Crippen MR) is 139 cm³/mol. The van der Waals surface area contributed by atoms with Crippen molar-refractivity contribution in [2.75, 3.05) is 20.6 Å². The van der Waals surface area contributed by atoms with Crippen LogP contribution < -0.4 is 10.6 Å². The number of carbonyl (C=O) groups excluding carboxylic acids is 1. The Morgan fingerprint density at radius 2 is 1.75 bits per heavy atom. The molecule has 7 nitrogen and oxygen atoms in total. The summed E-state index contributed by atoms with van der Waals surface area (Å²) >= 11 is 0. The van der Waals surface area contributed by atoms with Crippen molar-refractivity contribution in [3.05, 3.63) is 89.7 Å². The van der Waals surface area contributed by atoms with Gasteiger partial charge in [0.25, 0.3) is 0 Å². The van der Waals surface area contributed by atoms with E-state index in [9.17, 15) is 4.79 Å². The van der Waals surface area contributed by atoms with Crippen molar-refractivity contribution in [2.45, 2.75) is 26.1 Å². The maximum Gasteiger partial charge on any atom is 0.241 e. The van der Waals surface area contributed by atoms with Gasteiger partial charge in [0.05, 0.1) is 25.7 Å². The fourth-order valence-corrected chi connectivity index (χ4v) is 3.10. The van der Waals surface area contributed by atoms with Crippen molar-refractivity contribution in [1.82, 2.24) is 25.3 Å². The molecule has 1 atom stereocenters. The number of benzene rings is 2. The van der Waals surface area contributed by atoms with Gasteiger partial charge in [-0.15, -0.1) is 24.0 Å². The van der Waals surface area contributed by atoms with Crippen LogP contribution in [0.1, 0.15) is 29.7 Å². The highest BCUT2D eigenvalue weighted by atomic mass is 127. The summed E-state index contributed by atoms with van der Waals surface area (Å²) in [4.78, 5) is 18.4. The normalized spacial score (nSPS) is 11.9. The van der Waals surface area contributed by atoms with Crippen LogP contribution in [0, 0.1) is 0 Å². The Bertz CT molecular complexity index is 989. The minimum absolute atomic E-state index is 0. The second-order valence-corrected chi connectivity index (χ2v) is 7.56. The van der Waals surface area contributed by atoms with E-state index in [2.05, 4.69) is 46.9 Å². The number of amides is 1. The number of hydrogen-bond acceptors (Lipinski definition) is 3. The Morgan fingerprint density at radius 3 is 2.41 bits per heavy atom. The van der Waals surface area contributed by atoms with E-state index in [1.807, 2.05) is 47.3 Å². The number of nitrogens with zero attached hydrogens (tertiary/aromatic N) is 4. The van der Waals surface area contributed by atoms with Crippen LogP contribution in [-0.4, -0.2) is 47.2 Å². The van der Waals surface area contributed by atoms with Crippen molar-refractivity contribution >= 4 is 35.8 Å². The number of carbonyl (C=O) groups is 1. The number of likely N-dealkylation sites (N-methyl/N-ethyl adjacent to an activating group) is 1. The molecule has 8 heteroatoms. The first-order valence-electron chi connectivity index (χ1n) is 10.4. The SMILES string of the molecule is CC(NC(=NCc1ccccc1Cn1cccn1)NCC(=O)N(C)C)c1ccccc1.I. The summed E-state index contributed by atoms with van der Waals surface area (Å²) < 4.78 is 1.90. The first-order chi connectivity index (χ1) is 15.0. The number of guanidine groups is 1. The van der Waals surface area contributed by atoms with Gasteiger partial charge in [-0.05, 0) is 29.7 Å². The molecule has 2 N–H and O–H groups in total. The average molecular weight is 546 g/mol. The highest BCUT2D eigenvalue weighted by Gasteiger charge is 2.11. The van der Waals surface area contributed by atoms with E-state index in [1.54, 1.807) is 25.2 Å². The van der Waals surface area contributed by atoms with Gasteiger partial charge in [-0.3, -0.25) is 9.48 Å². The lowest BCUT2D eigenvalue weighted by Gasteiger charge is -2.20. The van der Waals surface area contributed by atoms with E-state index >= 15 is 0 Å². The van der Waals surface area contributed by atoms with E-state index in [0.29, 0.717) is 19.0 Å². The molecule has 1 aromatic heterocycles. The molecule has 0 aliphatic carbocycles. The first-order valence-corrected chi connectivity index (χ1v) is 10.4. The van der Waals surface area contributed by atoms with Crippen molar-refractivity contribution in [3.8, 4) is 0 Å². The fraction of sp³-hybridized carbons (Fsp3) is 0.292. The van der Waals surface area contributed by atoms with Crippen molar-refractivity contribution in [1.29, 1.82) is 0 Å². The molecule has 170 valence electrons. The van der Waals surface area contributed by atoms with Crippen molar-refractivity contribution in [3.63, 3.8) is 0 Å². The molecule has 32 heavy (non-hydrogen) atoms. The molecule has 3 rings (SSSR count). The lowest BCUT2D eigenvalue weighted by atomic mass is 10.1. The molecule has 0 bridgehead atoms. The monoisotopic (exact) mass is 546 g/mol. The smallest absolute Gasteiger partial charge is 0.241 e. The number of aliphatic imine (C=N–C) groups is 1. The number of hydrogen-bond donors (Lipinski definition) is 2. The number of halogens is 1. The maximum atomic E-state index is 12.1. The first kappa shape index (κ1) is 25.4. The summed E-state index contributed by atoms with van der Waals surface area (Å²) in [6.07, 6.45) is 3.72. The van der Waals surface area contributed by atoms with Crippen LogP contribution in [0.25, 0.3) is 0 Å². The molecule has 0 saturated heterocycles. The van der Waals surface area contributed by atoms with Crippen LogP contribution in [0.3, 0.4) is 0 Å². The summed E-state index contributed by atoms with van der Waals surface area (Å²) in [5.74, 6) is 0.585. The van der Waals surface area contributed by atoms with E-state index in [0.717, 1.165) is 16.7 Å². The fourth-order valence-electron chi connectivity index (χ4n) is 3.10. The largest absolute Gasteiger partial charge is 0.350 e. The zero-order chi connectivity index (χ0) is 22.1. The van der Waals surface area contributed by atoms with Crippen LogP contribution in [0.4, 0.5) is 0 Å². The zero-order valence-corrected chi connectivity index (χ0v) is 21.1. The highest BCUT2D eigenvalue weighted by Crippen LogP contribution is 2.13. The Labute approximate surface area is 206 Å². The van der Waals surface area contributed by atoms with E-state index in [1.165, 1.54) is 0 Å². The van der Waals surface area contributed by atoms with Crippen molar-refractivity contribution in [2.24, 2.45) is 4.99 Å². The molecule has 1 amide bonds. The van der Waals surface area contributed by atoms with Gasteiger partial charge in [0.15, 0.2) is 5.96 Å². The number of nitrogens with one attached hydrogen (secondary N) is 2. The minimum atomic E-state index is -0.0130. The van der Waals surface area contributed by atoms with E-state index in [4.69, 9.17) is 4.99 Å². The molecular formula is C24H31IN6O. The van der Waals surface area contributed by atoms with Crippen molar-refractivity contribution < 1.29 is 4.79 Å². The Hall–Kier alpha value is -2.88. The lowest BCUT2D eigenvalue weighted by Crippen LogP contribution is -2.43.